The Hall–Kier alpha value is -3.33. The Morgan fingerprint density at radius 3 is 2.71 bits per heavy atom. The maximum atomic E-state index is 5.50. The summed E-state index contributed by atoms with van der Waals surface area (Å²) in [6, 6.07) is 16.4. The van der Waals surface area contributed by atoms with Crippen LogP contribution in [0.25, 0.3) is 11.5 Å². The number of benzene rings is 2. The molecule has 35 heavy (non-hydrogen) atoms. The zero-order chi connectivity index (χ0) is 24.0. The van der Waals surface area contributed by atoms with Gasteiger partial charge >= 0.3 is 0 Å². The Bertz CT molecular complexity index is 1250. The zero-order valence-electron chi connectivity index (χ0n) is 20.1. The van der Waals surface area contributed by atoms with E-state index < -0.39 is 0 Å². The van der Waals surface area contributed by atoms with Crippen molar-refractivity contribution in [1.29, 1.82) is 0 Å². The van der Waals surface area contributed by atoms with Crippen LogP contribution in [0.4, 0.5) is 5.69 Å². The Morgan fingerprint density at radius 2 is 1.91 bits per heavy atom. The van der Waals surface area contributed by atoms with E-state index in [1.54, 1.807) is 18.9 Å². The van der Waals surface area contributed by atoms with Crippen molar-refractivity contribution in [3.8, 4) is 17.2 Å². The van der Waals surface area contributed by atoms with Gasteiger partial charge in [-0.15, -0.1) is 10.2 Å². The number of thioether (sulfide) groups is 1. The first-order chi connectivity index (χ1) is 17.2. The van der Waals surface area contributed by atoms with Gasteiger partial charge in [0.05, 0.1) is 19.4 Å². The molecule has 0 radical (unpaired) electrons. The Balaban J connectivity index is 1.31. The summed E-state index contributed by atoms with van der Waals surface area (Å²) in [5, 5.41) is 17.7. The first-order valence-electron chi connectivity index (χ1n) is 12.0. The number of nitrogens with one attached hydrogen (secondary N) is 1. The predicted molar refractivity (Wildman–Crippen MR) is 136 cm³/mol. The van der Waals surface area contributed by atoms with Gasteiger partial charge in [0, 0.05) is 23.4 Å². The second-order valence-corrected chi connectivity index (χ2v) is 9.76. The van der Waals surface area contributed by atoms with Gasteiger partial charge in [0.25, 0.3) is 5.89 Å². The van der Waals surface area contributed by atoms with Gasteiger partial charge in [0.2, 0.25) is 0 Å². The number of nitrogens with zero attached hydrogens (tertiary/aromatic N) is 5. The Kier molecular flexibility index (Phi) is 7.32. The molecule has 0 atom stereocenters. The van der Waals surface area contributed by atoms with E-state index in [2.05, 4.69) is 37.1 Å². The molecule has 9 heteroatoms. The summed E-state index contributed by atoms with van der Waals surface area (Å²) in [7, 11) is 1.68. The SMILES string of the molecule is COc1cccc(NCc2nnc(SCc3noc(-c4ccc(C)cc4)n3)n2C2CCCCC2)c1. The number of hydrogen-bond acceptors (Lipinski definition) is 8. The molecule has 1 N–H and O–H groups in total. The maximum absolute atomic E-state index is 5.50. The molecule has 0 spiro atoms. The lowest BCUT2D eigenvalue weighted by molar-refractivity contribution is 0.330. The van der Waals surface area contributed by atoms with Crippen LogP contribution in [-0.2, 0) is 12.3 Å². The lowest BCUT2D eigenvalue weighted by Gasteiger charge is -2.25. The van der Waals surface area contributed by atoms with E-state index in [4.69, 9.17) is 9.26 Å². The van der Waals surface area contributed by atoms with Crippen LogP contribution in [0.2, 0.25) is 0 Å². The number of methoxy groups -OCH3 is 1. The summed E-state index contributed by atoms with van der Waals surface area (Å²) in [4.78, 5) is 4.59. The third-order valence-corrected chi connectivity index (χ3v) is 7.23. The van der Waals surface area contributed by atoms with Crippen LogP contribution in [0.5, 0.6) is 5.75 Å². The Labute approximate surface area is 209 Å². The van der Waals surface area contributed by atoms with E-state index in [9.17, 15) is 0 Å². The fourth-order valence-corrected chi connectivity index (χ4v) is 5.27. The molecule has 0 unspecified atom stereocenters. The predicted octanol–water partition coefficient (Wildman–Crippen LogP) is 6.05. The molecule has 4 aromatic rings. The molecule has 5 rings (SSSR count). The van der Waals surface area contributed by atoms with Crippen LogP contribution in [0, 0.1) is 6.92 Å². The van der Waals surface area contributed by atoms with E-state index >= 15 is 0 Å². The maximum Gasteiger partial charge on any atom is 0.257 e. The van der Waals surface area contributed by atoms with E-state index in [0.29, 0.717) is 30.1 Å². The van der Waals surface area contributed by atoms with Crippen molar-refractivity contribution in [3.63, 3.8) is 0 Å². The average Bonchev–Trinajstić information content (AvgIpc) is 3.54. The molecule has 1 aliphatic carbocycles. The molecule has 1 fully saturated rings. The van der Waals surface area contributed by atoms with Crippen molar-refractivity contribution in [2.45, 2.75) is 62.5 Å². The normalized spacial score (nSPS) is 14.2. The molecule has 1 aliphatic rings. The third kappa shape index (κ3) is 5.67. The van der Waals surface area contributed by atoms with Gasteiger partial charge in [-0.1, -0.05) is 59.9 Å². The van der Waals surface area contributed by atoms with E-state index in [1.165, 1.54) is 24.8 Å². The van der Waals surface area contributed by atoms with E-state index in [-0.39, 0.29) is 0 Å². The summed E-state index contributed by atoms with van der Waals surface area (Å²) < 4.78 is 13.2. The quantitative estimate of drug-likeness (QED) is 0.283. The fraction of sp³-hybridized carbons (Fsp3) is 0.385. The molecular formula is C26H30N6O2S. The topological polar surface area (TPSA) is 90.9 Å². The van der Waals surface area contributed by atoms with Crippen molar-refractivity contribution in [2.75, 3.05) is 12.4 Å². The highest BCUT2D eigenvalue weighted by Gasteiger charge is 2.23. The van der Waals surface area contributed by atoms with Crippen molar-refractivity contribution in [1.82, 2.24) is 24.9 Å². The van der Waals surface area contributed by atoms with Gasteiger partial charge in [0.15, 0.2) is 16.8 Å². The number of hydrogen-bond donors (Lipinski definition) is 1. The first kappa shape index (κ1) is 23.4. The molecule has 0 saturated heterocycles. The largest absolute Gasteiger partial charge is 0.497 e. The molecule has 182 valence electrons. The molecule has 8 nitrogen and oxygen atoms in total. The van der Waals surface area contributed by atoms with Gasteiger partial charge in [0.1, 0.15) is 5.75 Å². The highest BCUT2D eigenvalue weighted by molar-refractivity contribution is 7.98. The standard InChI is InChI=1S/C26H30N6O2S/c1-18-11-13-19(14-12-18)25-28-23(31-34-25)17-35-26-30-29-24(32(26)21-8-4-3-5-9-21)16-27-20-7-6-10-22(15-20)33-2/h6-7,10-15,21,27H,3-5,8-9,16-17H2,1-2H3. The lowest BCUT2D eigenvalue weighted by Crippen LogP contribution is -2.18. The van der Waals surface area contributed by atoms with Crippen LogP contribution < -0.4 is 10.1 Å². The van der Waals surface area contributed by atoms with Crippen molar-refractivity contribution >= 4 is 17.4 Å². The van der Waals surface area contributed by atoms with Crippen molar-refractivity contribution in [2.24, 2.45) is 0 Å². The van der Waals surface area contributed by atoms with Crippen LogP contribution in [-0.4, -0.2) is 32.0 Å². The minimum Gasteiger partial charge on any atom is -0.497 e. The highest BCUT2D eigenvalue weighted by atomic mass is 32.2. The number of ether oxygens (including phenoxy) is 1. The van der Waals surface area contributed by atoms with Crippen LogP contribution in [0.3, 0.4) is 0 Å². The van der Waals surface area contributed by atoms with E-state index in [0.717, 1.165) is 40.8 Å². The summed E-state index contributed by atoms with van der Waals surface area (Å²) >= 11 is 1.61. The molecule has 0 bridgehead atoms. The summed E-state index contributed by atoms with van der Waals surface area (Å²) in [6.45, 7) is 2.65. The van der Waals surface area contributed by atoms with Gasteiger partial charge in [-0.05, 0) is 44.0 Å². The fourth-order valence-electron chi connectivity index (χ4n) is 4.40. The van der Waals surface area contributed by atoms with Crippen LogP contribution in [0.15, 0.2) is 58.2 Å². The summed E-state index contributed by atoms with van der Waals surface area (Å²) in [6.07, 6.45) is 6.07. The zero-order valence-corrected chi connectivity index (χ0v) is 20.9. The molecule has 2 heterocycles. The van der Waals surface area contributed by atoms with Gasteiger partial charge in [-0.2, -0.15) is 4.98 Å². The molecule has 1 saturated carbocycles. The minimum absolute atomic E-state index is 0.414. The van der Waals surface area contributed by atoms with Gasteiger partial charge < -0.3 is 19.1 Å². The number of anilines is 1. The van der Waals surface area contributed by atoms with Crippen LogP contribution in [0.1, 0.15) is 55.4 Å². The Morgan fingerprint density at radius 1 is 1.09 bits per heavy atom. The minimum atomic E-state index is 0.414. The third-order valence-electron chi connectivity index (χ3n) is 6.29. The number of rotatable bonds is 9. The van der Waals surface area contributed by atoms with Crippen molar-refractivity contribution in [3.05, 3.63) is 65.7 Å². The molecule has 2 aromatic heterocycles. The number of aryl methyl sites for hydroxylation is 1. The second-order valence-electron chi connectivity index (χ2n) is 8.82. The lowest BCUT2D eigenvalue weighted by atomic mass is 9.95. The molecule has 0 amide bonds. The van der Waals surface area contributed by atoms with Crippen LogP contribution >= 0.6 is 11.8 Å². The summed E-state index contributed by atoms with van der Waals surface area (Å²) in [5.41, 5.74) is 3.12. The van der Waals surface area contributed by atoms with E-state index in [1.807, 2.05) is 48.5 Å². The average molecular weight is 491 g/mol. The highest BCUT2D eigenvalue weighted by Crippen LogP contribution is 2.34. The second kappa shape index (κ2) is 10.9. The van der Waals surface area contributed by atoms with Crippen molar-refractivity contribution < 1.29 is 9.26 Å². The molecular weight excluding hydrogens is 460 g/mol. The number of aromatic nitrogens is 5. The molecule has 0 aliphatic heterocycles. The van der Waals surface area contributed by atoms with Gasteiger partial charge in [-0.3, -0.25) is 0 Å². The van der Waals surface area contributed by atoms with Gasteiger partial charge in [-0.25, -0.2) is 0 Å². The monoisotopic (exact) mass is 490 g/mol. The smallest absolute Gasteiger partial charge is 0.257 e. The summed E-state index contributed by atoms with van der Waals surface area (Å²) in [5.74, 6) is 3.53. The first-order valence-corrected chi connectivity index (χ1v) is 13.0. The molecule has 2 aromatic carbocycles.